The van der Waals surface area contributed by atoms with Gasteiger partial charge < -0.3 is 24.5 Å². The number of hydrogen-bond acceptors (Lipinski definition) is 5. The number of rotatable bonds is 10. The number of hydrogen-bond donors (Lipinski definition) is 2. The number of benzene rings is 2. The van der Waals surface area contributed by atoms with Gasteiger partial charge in [0.25, 0.3) is 0 Å². The lowest BCUT2D eigenvalue weighted by atomic mass is 10.3. The highest BCUT2D eigenvalue weighted by atomic mass is 16.5. The topological polar surface area (TPSA) is 72.7 Å². The highest BCUT2D eigenvalue weighted by Crippen LogP contribution is 2.23. The fourth-order valence-electron chi connectivity index (χ4n) is 2.40. The molecule has 0 atom stereocenters. The molecule has 1 aromatic heterocycles. The summed E-state index contributed by atoms with van der Waals surface area (Å²) in [4.78, 5) is 12.0. The van der Waals surface area contributed by atoms with Gasteiger partial charge in [-0.2, -0.15) is 0 Å². The lowest BCUT2D eigenvalue weighted by molar-refractivity contribution is -0.119. The number of anilines is 1. The molecule has 27 heavy (non-hydrogen) atoms. The van der Waals surface area contributed by atoms with Gasteiger partial charge in [0.1, 0.15) is 30.5 Å². The van der Waals surface area contributed by atoms with E-state index < -0.39 is 0 Å². The van der Waals surface area contributed by atoms with Crippen molar-refractivity contribution in [3.8, 4) is 11.5 Å². The summed E-state index contributed by atoms with van der Waals surface area (Å²) in [5.74, 6) is 2.06. The molecule has 0 fully saturated rings. The standard InChI is InChI=1S/C21H22N2O4/c24-21(23-15-18-9-6-12-25-18)16-22-19-10-4-5-11-20(19)27-14-13-26-17-7-2-1-3-8-17/h1-12,22H,13-16H2,(H,23,24). The first-order valence-electron chi connectivity index (χ1n) is 8.74. The molecular formula is C21H22N2O4. The van der Waals surface area contributed by atoms with Crippen molar-refractivity contribution in [3.05, 3.63) is 78.8 Å². The van der Waals surface area contributed by atoms with Gasteiger partial charge in [0.2, 0.25) is 5.91 Å². The minimum Gasteiger partial charge on any atom is -0.490 e. The molecule has 6 heteroatoms. The van der Waals surface area contributed by atoms with E-state index in [0.717, 1.165) is 11.4 Å². The molecule has 6 nitrogen and oxygen atoms in total. The van der Waals surface area contributed by atoms with Gasteiger partial charge >= 0.3 is 0 Å². The summed E-state index contributed by atoms with van der Waals surface area (Å²) in [6.45, 7) is 1.34. The molecule has 0 spiro atoms. The highest BCUT2D eigenvalue weighted by molar-refractivity contribution is 5.81. The zero-order valence-electron chi connectivity index (χ0n) is 14.9. The summed E-state index contributed by atoms with van der Waals surface area (Å²) < 4.78 is 16.6. The average molecular weight is 366 g/mol. The van der Waals surface area contributed by atoms with Crippen LogP contribution < -0.4 is 20.1 Å². The summed E-state index contributed by atoms with van der Waals surface area (Å²) >= 11 is 0. The summed E-state index contributed by atoms with van der Waals surface area (Å²) in [6.07, 6.45) is 1.58. The lowest BCUT2D eigenvalue weighted by Crippen LogP contribution is -2.29. The molecule has 0 saturated carbocycles. The van der Waals surface area contributed by atoms with Gasteiger partial charge in [0, 0.05) is 0 Å². The Hall–Kier alpha value is -3.41. The Kier molecular flexibility index (Phi) is 6.75. The van der Waals surface area contributed by atoms with Crippen LogP contribution in [0.5, 0.6) is 11.5 Å². The number of ether oxygens (including phenoxy) is 2. The number of carbonyl (C=O) groups excluding carboxylic acids is 1. The number of nitrogens with one attached hydrogen (secondary N) is 2. The normalized spacial score (nSPS) is 10.2. The van der Waals surface area contributed by atoms with Crippen molar-refractivity contribution in [2.45, 2.75) is 6.54 Å². The zero-order chi connectivity index (χ0) is 18.7. The molecule has 0 aliphatic rings. The van der Waals surface area contributed by atoms with Crippen LogP contribution in [0.3, 0.4) is 0 Å². The molecule has 2 aromatic carbocycles. The SMILES string of the molecule is O=C(CNc1ccccc1OCCOc1ccccc1)NCc1ccco1. The summed E-state index contributed by atoms with van der Waals surface area (Å²) in [5, 5.41) is 5.88. The first-order chi connectivity index (χ1) is 13.3. The quantitative estimate of drug-likeness (QED) is 0.538. The molecule has 3 aromatic rings. The van der Waals surface area contributed by atoms with E-state index in [2.05, 4.69) is 10.6 Å². The van der Waals surface area contributed by atoms with Gasteiger partial charge in [-0.15, -0.1) is 0 Å². The van der Waals surface area contributed by atoms with Crippen molar-refractivity contribution in [3.63, 3.8) is 0 Å². The maximum atomic E-state index is 12.0. The third kappa shape index (κ3) is 6.11. The highest BCUT2D eigenvalue weighted by Gasteiger charge is 2.06. The van der Waals surface area contributed by atoms with Gasteiger partial charge in [-0.1, -0.05) is 30.3 Å². The molecule has 0 radical (unpaired) electrons. The molecule has 1 heterocycles. The molecule has 0 unspecified atom stereocenters. The van der Waals surface area contributed by atoms with Gasteiger partial charge in [0.05, 0.1) is 25.0 Å². The predicted octanol–water partition coefficient (Wildman–Crippen LogP) is 3.47. The van der Waals surface area contributed by atoms with Crippen molar-refractivity contribution in [1.29, 1.82) is 0 Å². The minimum absolute atomic E-state index is 0.131. The van der Waals surface area contributed by atoms with Crippen LogP contribution >= 0.6 is 0 Å². The smallest absolute Gasteiger partial charge is 0.239 e. The van der Waals surface area contributed by atoms with E-state index in [1.165, 1.54) is 0 Å². The Bertz CT molecular complexity index is 819. The third-order valence-corrected chi connectivity index (χ3v) is 3.72. The van der Waals surface area contributed by atoms with Crippen LogP contribution in [0.4, 0.5) is 5.69 Å². The first-order valence-corrected chi connectivity index (χ1v) is 8.74. The molecular weight excluding hydrogens is 344 g/mol. The van der Waals surface area contributed by atoms with Crippen molar-refractivity contribution in [2.24, 2.45) is 0 Å². The second-order valence-electron chi connectivity index (χ2n) is 5.72. The summed E-state index contributed by atoms with van der Waals surface area (Å²) in [6, 6.07) is 20.7. The van der Waals surface area contributed by atoms with Gasteiger partial charge in [-0.25, -0.2) is 0 Å². The van der Waals surface area contributed by atoms with Crippen molar-refractivity contribution in [2.75, 3.05) is 25.1 Å². The average Bonchev–Trinajstić information content (AvgIpc) is 3.23. The van der Waals surface area contributed by atoms with E-state index in [4.69, 9.17) is 13.9 Å². The fraction of sp³-hybridized carbons (Fsp3) is 0.190. The van der Waals surface area contributed by atoms with Crippen LogP contribution in [0.2, 0.25) is 0 Å². The van der Waals surface area contributed by atoms with Crippen molar-refractivity contribution >= 4 is 11.6 Å². The zero-order valence-corrected chi connectivity index (χ0v) is 14.9. The Balaban J connectivity index is 1.42. The van der Waals surface area contributed by atoms with E-state index in [1.54, 1.807) is 12.3 Å². The van der Waals surface area contributed by atoms with E-state index in [0.29, 0.717) is 31.3 Å². The van der Waals surface area contributed by atoms with Crippen molar-refractivity contribution < 1.29 is 18.7 Å². The fourth-order valence-corrected chi connectivity index (χ4v) is 2.40. The Labute approximate surface area is 158 Å². The third-order valence-electron chi connectivity index (χ3n) is 3.72. The van der Waals surface area contributed by atoms with Crippen LogP contribution in [0.25, 0.3) is 0 Å². The minimum atomic E-state index is -0.131. The number of furan rings is 1. The molecule has 0 saturated heterocycles. The Morgan fingerprint density at radius 1 is 0.889 bits per heavy atom. The molecule has 140 valence electrons. The Morgan fingerprint density at radius 2 is 1.67 bits per heavy atom. The molecule has 0 bridgehead atoms. The summed E-state index contributed by atoms with van der Waals surface area (Å²) in [5.41, 5.74) is 0.755. The molecule has 1 amide bonds. The van der Waals surface area contributed by atoms with E-state index in [9.17, 15) is 4.79 Å². The van der Waals surface area contributed by atoms with Crippen LogP contribution in [-0.4, -0.2) is 25.7 Å². The first kappa shape index (κ1) is 18.4. The maximum Gasteiger partial charge on any atom is 0.239 e. The van der Waals surface area contributed by atoms with Crippen LogP contribution in [0, 0.1) is 0 Å². The van der Waals surface area contributed by atoms with Crippen molar-refractivity contribution in [1.82, 2.24) is 5.32 Å². The number of para-hydroxylation sites is 3. The second-order valence-corrected chi connectivity index (χ2v) is 5.72. The van der Waals surface area contributed by atoms with Crippen LogP contribution in [0.15, 0.2) is 77.4 Å². The predicted molar refractivity (Wildman–Crippen MR) is 103 cm³/mol. The Morgan fingerprint density at radius 3 is 2.48 bits per heavy atom. The molecule has 3 rings (SSSR count). The van der Waals surface area contributed by atoms with Gasteiger partial charge in [-0.05, 0) is 36.4 Å². The van der Waals surface area contributed by atoms with E-state index in [1.807, 2.05) is 60.7 Å². The van der Waals surface area contributed by atoms with E-state index >= 15 is 0 Å². The molecule has 0 aliphatic heterocycles. The van der Waals surface area contributed by atoms with Gasteiger partial charge in [-0.3, -0.25) is 4.79 Å². The molecule has 0 aliphatic carbocycles. The van der Waals surface area contributed by atoms with Crippen LogP contribution in [-0.2, 0) is 11.3 Å². The summed E-state index contributed by atoms with van der Waals surface area (Å²) in [7, 11) is 0. The number of amides is 1. The number of carbonyl (C=O) groups is 1. The lowest BCUT2D eigenvalue weighted by Gasteiger charge is -2.13. The molecule has 2 N–H and O–H groups in total. The van der Waals surface area contributed by atoms with Gasteiger partial charge in [0.15, 0.2) is 0 Å². The second kappa shape index (κ2) is 9.91. The maximum absolute atomic E-state index is 12.0. The van der Waals surface area contributed by atoms with Crippen LogP contribution in [0.1, 0.15) is 5.76 Å². The monoisotopic (exact) mass is 366 g/mol. The van der Waals surface area contributed by atoms with E-state index in [-0.39, 0.29) is 12.5 Å². The largest absolute Gasteiger partial charge is 0.490 e.